The molecule has 110 valence electrons. The Morgan fingerprint density at radius 2 is 2.00 bits per heavy atom. The lowest BCUT2D eigenvalue weighted by molar-refractivity contribution is 0.210. The van der Waals surface area contributed by atoms with Crippen LogP contribution in [0.2, 0.25) is 0 Å². The first kappa shape index (κ1) is 13.8. The minimum Gasteiger partial charge on any atom is -0.504 e. The maximum Gasteiger partial charge on any atom is 0.255 e. The van der Waals surface area contributed by atoms with Gasteiger partial charge in [0.25, 0.3) is 5.95 Å². The molecule has 0 amide bonds. The fourth-order valence-electron chi connectivity index (χ4n) is 3.71. The Hall–Kier alpha value is -1.20. The van der Waals surface area contributed by atoms with Gasteiger partial charge in [-0.2, -0.15) is 4.39 Å². The summed E-state index contributed by atoms with van der Waals surface area (Å²) in [6.45, 7) is 2.83. The van der Waals surface area contributed by atoms with E-state index in [2.05, 4.69) is 9.88 Å². The standard InChI is InChI=1S/C15H21FN2O2/c16-15-14(20)5-4-13(17-15)12(9-19)8-18-6-10-2-1-3-11(10)7-18/h4-5,10-12,19-20H,1-3,6-9H2/t10-,11+,12?. The predicted octanol–water partition coefficient (Wildman–Crippen LogP) is 1.73. The zero-order chi connectivity index (χ0) is 14.1. The maximum absolute atomic E-state index is 13.3. The third-order valence-corrected chi connectivity index (χ3v) is 4.77. The van der Waals surface area contributed by atoms with Crippen LogP contribution in [-0.2, 0) is 0 Å². The second kappa shape index (κ2) is 5.66. The molecule has 2 N–H and O–H groups in total. The van der Waals surface area contributed by atoms with E-state index < -0.39 is 11.7 Å². The number of aromatic nitrogens is 1. The lowest BCUT2D eigenvalue weighted by atomic mass is 10.0. The van der Waals surface area contributed by atoms with Crippen molar-refractivity contribution in [2.24, 2.45) is 11.8 Å². The summed E-state index contributed by atoms with van der Waals surface area (Å²) in [5, 5.41) is 18.7. The summed E-state index contributed by atoms with van der Waals surface area (Å²) >= 11 is 0. The minimum absolute atomic E-state index is 0.0525. The molecule has 3 rings (SSSR count). The van der Waals surface area contributed by atoms with E-state index in [9.17, 15) is 14.6 Å². The van der Waals surface area contributed by atoms with Gasteiger partial charge >= 0.3 is 0 Å². The van der Waals surface area contributed by atoms with Gasteiger partial charge in [0.15, 0.2) is 5.75 Å². The molecule has 1 unspecified atom stereocenters. The van der Waals surface area contributed by atoms with Crippen LogP contribution in [0.1, 0.15) is 30.9 Å². The zero-order valence-electron chi connectivity index (χ0n) is 11.5. The molecule has 1 saturated heterocycles. The summed E-state index contributed by atoms with van der Waals surface area (Å²) < 4.78 is 13.3. The van der Waals surface area contributed by atoms with Gasteiger partial charge in [-0.15, -0.1) is 0 Å². The molecule has 2 fully saturated rings. The first-order chi connectivity index (χ1) is 9.67. The molecule has 20 heavy (non-hydrogen) atoms. The Kier molecular flexibility index (Phi) is 3.89. The monoisotopic (exact) mass is 280 g/mol. The molecule has 3 atom stereocenters. The molecule has 2 aliphatic rings. The van der Waals surface area contributed by atoms with Gasteiger partial charge in [0.1, 0.15) is 0 Å². The van der Waals surface area contributed by atoms with Gasteiger partial charge in [0, 0.05) is 25.6 Å². The summed E-state index contributed by atoms with van der Waals surface area (Å²) in [6, 6.07) is 2.90. The predicted molar refractivity (Wildman–Crippen MR) is 73.0 cm³/mol. The van der Waals surface area contributed by atoms with Gasteiger partial charge in [-0.1, -0.05) is 6.42 Å². The van der Waals surface area contributed by atoms with Gasteiger partial charge in [0.2, 0.25) is 0 Å². The van der Waals surface area contributed by atoms with Crippen LogP contribution in [0.4, 0.5) is 4.39 Å². The number of halogens is 1. The number of pyridine rings is 1. The van der Waals surface area contributed by atoms with Crippen molar-refractivity contribution in [1.29, 1.82) is 0 Å². The number of hydrogen-bond acceptors (Lipinski definition) is 4. The van der Waals surface area contributed by atoms with Crippen LogP contribution < -0.4 is 0 Å². The van der Waals surface area contributed by atoms with E-state index in [0.29, 0.717) is 12.2 Å². The van der Waals surface area contributed by atoms with Crippen LogP contribution in [0.25, 0.3) is 0 Å². The topological polar surface area (TPSA) is 56.6 Å². The van der Waals surface area contributed by atoms with E-state index in [-0.39, 0.29) is 12.5 Å². The second-order valence-electron chi connectivity index (χ2n) is 6.10. The Bertz CT molecular complexity index is 471. The third-order valence-electron chi connectivity index (χ3n) is 4.77. The summed E-state index contributed by atoms with van der Waals surface area (Å²) in [5.74, 6) is 0.113. The number of fused-ring (bicyclic) bond motifs is 1. The van der Waals surface area contributed by atoms with Crippen LogP contribution in [0.3, 0.4) is 0 Å². The SMILES string of the molecule is OCC(CN1C[C@H]2CCC[C@H]2C1)c1ccc(O)c(F)n1. The lowest BCUT2D eigenvalue weighted by Crippen LogP contribution is -2.29. The van der Waals surface area contributed by atoms with Crippen LogP contribution in [0, 0.1) is 17.8 Å². The van der Waals surface area contributed by atoms with E-state index in [1.165, 1.54) is 25.3 Å². The summed E-state index contributed by atoms with van der Waals surface area (Å²) in [6.07, 6.45) is 3.98. The molecule has 0 aromatic carbocycles. The number of likely N-dealkylation sites (tertiary alicyclic amines) is 1. The number of hydrogen-bond donors (Lipinski definition) is 2. The molecule has 0 bridgehead atoms. The zero-order valence-corrected chi connectivity index (χ0v) is 11.5. The molecular weight excluding hydrogens is 259 g/mol. The quantitative estimate of drug-likeness (QED) is 0.825. The van der Waals surface area contributed by atoms with Crippen molar-refractivity contribution in [3.63, 3.8) is 0 Å². The van der Waals surface area contributed by atoms with Crippen LogP contribution in [0.15, 0.2) is 12.1 Å². The molecular formula is C15H21FN2O2. The highest BCUT2D eigenvalue weighted by atomic mass is 19.1. The van der Waals surface area contributed by atoms with Crippen molar-refractivity contribution in [3.8, 4) is 5.75 Å². The Morgan fingerprint density at radius 3 is 2.60 bits per heavy atom. The first-order valence-corrected chi connectivity index (χ1v) is 7.36. The van der Waals surface area contributed by atoms with Crippen molar-refractivity contribution in [1.82, 2.24) is 9.88 Å². The molecule has 1 saturated carbocycles. The van der Waals surface area contributed by atoms with Crippen molar-refractivity contribution < 1.29 is 14.6 Å². The van der Waals surface area contributed by atoms with Crippen molar-refractivity contribution >= 4 is 0 Å². The second-order valence-corrected chi connectivity index (χ2v) is 6.10. The smallest absolute Gasteiger partial charge is 0.255 e. The lowest BCUT2D eigenvalue weighted by Gasteiger charge is -2.22. The average molecular weight is 280 g/mol. The largest absolute Gasteiger partial charge is 0.504 e. The van der Waals surface area contributed by atoms with Crippen molar-refractivity contribution in [2.45, 2.75) is 25.2 Å². The molecule has 1 aliphatic heterocycles. The number of aliphatic hydroxyl groups excluding tert-OH is 1. The van der Waals surface area contributed by atoms with Crippen molar-refractivity contribution in [3.05, 3.63) is 23.8 Å². The number of aliphatic hydroxyl groups is 1. The van der Waals surface area contributed by atoms with E-state index in [0.717, 1.165) is 24.9 Å². The highest BCUT2D eigenvalue weighted by Crippen LogP contribution is 2.38. The van der Waals surface area contributed by atoms with E-state index >= 15 is 0 Å². The molecule has 1 aromatic heterocycles. The van der Waals surface area contributed by atoms with Gasteiger partial charge in [-0.3, -0.25) is 0 Å². The number of nitrogens with zero attached hydrogens (tertiary/aromatic N) is 2. The van der Waals surface area contributed by atoms with Gasteiger partial charge in [-0.25, -0.2) is 4.98 Å². The van der Waals surface area contributed by atoms with Crippen LogP contribution in [0.5, 0.6) is 5.75 Å². The van der Waals surface area contributed by atoms with Gasteiger partial charge in [-0.05, 0) is 36.8 Å². The molecule has 0 radical (unpaired) electrons. The molecule has 1 aromatic rings. The highest BCUT2D eigenvalue weighted by molar-refractivity contribution is 5.22. The normalized spacial score (nSPS) is 27.7. The van der Waals surface area contributed by atoms with E-state index in [4.69, 9.17) is 0 Å². The first-order valence-electron chi connectivity index (χ1n) is 7.36. The fraction of sp³-hybridized carbons (Fsp3) is 0.667. The Labute approximate surface area is 118 Å². The Morgan fingerprint density at radius 1 is 1.30 bits per heavy atom. The van der Waals surface area contributed by atoms with Gasteiger partial charge < -0.3 is 15.1 Å². The summed E-state index contributed by atoms with van der Waals surface area (Å²) in [4.78, 5) is 6.12. The molecule has 1 aliphatic carbocycles. The van der Waals surface area contributed by atoms with Crippen LogP contribution in [-0.4, -0.2) is 46.3 Å². The third kappa shape index (κ3) is 2.65. The highest BCUT2D eigenvalue weighted by Gasteiger charge is 2.36. The molecule has 5 heteroatoms. The minimum atomic E-state index is -0.862. The van der Waals surface area contributed by atoms with Crippen molar-refractivity contribution in [2.75, 3.05) is 26.2 Å². The fourth-order valence-corrected chi connectivity index (χ4v) is 3.71. The average Bonchev–Trinajstić information content (AvgIpc) is 3.00. The van der Waals surface area contributed by atoms with Crippen LogP contribution >= 0.6 is 0 Å². The number of aromatic hydroxyl groups is 1. The van der Waals surface area contributed by atoms with E-state index in [1.54, 1.807) is 6.07 Å². The molecule has 2 heterocycles. The summed E-state index contributed by atoms with van der Waals surface area (Å²) in [7, 11) is 0. The molecule has 0 spiro atoms. The Balaban J connectivity index is 1.66. The maximum atomic E-state index is 13.3. The van der Waals surface area contributed by atoms with Gasteiger partial charge in [0.05, 0.1) is 12.3 Å². The van der Waals surface area contributed by atoms with E-state index in [1.807, 2.05) is 0 Å². The molecule has 4 nitrogen and oxygen atoms in total. The summed E-state index contributed by atoms with van der Waals surface area (Å²) in [5.41, 5.74) is 0.514. The number of rotatable bonds is 4.